The van der Waals surface area contributed by atoms with Gasteiger partial charge in [0.25, 0.3) is 21.7 Å². The maximum Gasteiger partial charge on any atom is 0.503 e. The second-order valence-electron chi connectivity index (χ2n) is 5.08. The smallest absolute Gasteiger partial charge is 0.272 e. The van der Waals surface area contributed by atoms with E-state index in [0.717, 1.165) is 9.58 Å². The van der Waals surface area contributed by atoms with Crippen molar-refractivity contribution in [3.05, 3.63) is 41.6 Å². The zero-order valence-electron chi connectivity index (χ0n) is 12.3. The highest BCUT2D eigenvalue weighted by molar-refractivity contribution is 7.92. The number of hydrogen-bond acceptors (Lipinski definition) is 6. The first kappa shape index (κ1) is 17.1. The summed E-state index contributed by atoms with van der Waals surface area (Å²) in [6.07, 6.45) is 0.598. The van der Waals surface area contributed by atoms with Crippen LogP contribution in [0.3, 0.4) is 0 Å². The van der Waals surface area contributed by atoms with E-state index in [1.807, 2.05) is 0 Å². The first-order valence-corrected chi connectivity index (χ1v) is 8.28. The van der Waals surface area contributed by atoms with Gasteiger partial charge in [-0.05, 0) is 12.1 Å². The monoisotopic (exact) mass is 374 g/mol. The Morgan fingerprint density at radius 2 is 1.56 bits per heavy atom. The number of rotatable bonds is 4. The van der Waals surface area contributed by atoms with E-state index in [1.54, 1.807) is 12.1 Å². The summed E-state index contributed by atoms with van der Waals surface area (Å²) < 4.78 is 60.6. The molecule has 0 bridgehead atoms. The highest BCUT2D eigenvalue weighted by Crippen LogP contribution is 2.28. The van der Waals surface area contributed by atoms with Gasteiger partial charge in [-0.3, -0.25) is 14.5 Å². The van der Waals surface area contributed by atoms with Crippen molar-refractivity contribution in [2.24, 2.45) is 0 Å². The Balaban J connectivity index is 1.74. The molecule has 1 aromatic carbocycles. The van der Waals surface area contributed by atoms with Crippen molar-refractivity contribution < 1.29 is 31.2 Å². The van der Waals surface area contributed by atoms with Gasteiger partial charge in [-0.2, -0.15) is 13.2 Å². The average molecular weight is 374 g/mol. The molecule has 0 fully saturated rings. The molecule has 2 heterocycles. The highest BCUT2D eigenvalue weighted by atomic mass is 32.2. The first-order chi connectivity index (χ1) is 11.6. The number of hydrogen-bond donors (Lipinski definition) is 0. The number of aromatic nitrogens is 3. The lowest BCUT2D eigenvalue weighted by Gasteiger charge is -2.13. The summed E-state index contributed by atoms with van der Waals surface area (Å²) in [6, 6.07) is 6.16. The van der Waals surface area contributed by atoms with Gasteiger partial charge < -0.3 is 0 Å². The van der Waals surface area contributed by atoms with E-state index in [2.05, 4.69) is 10.3 Å². The lowest BCUT2D eigenvalue weighted by molar-refractivity contribution is -0.0438. The van der Waals surface area contributed by atoms with Crippen molar-refractivity contribution in [1.82, 2.24) is 19.9 Å². The van der Waals surface area contributed by atoms with Gasteiger partial charge in [0, 0.05) is 6.54 Å². The second-order valence-corrected chi connectivity index (χ2v) is 6.96. The van der Waals surface area contributed by atoms with Crippen molar-refractivity contribution >= 4 is 21.7 Å². The van der Waals surface area contributed by atoms with E-state index >= 15 is 0 Å². The second kappa shape index (κ2) is 5.65. The van der Waals surface area contributed by atoms with Gasteiger partial charge in [0.05, 0.1) is 23.9 Å². The van der Waals surface area contributed by atoms with Crippen molar-refractivity contribution in [1.29, 1.82) is 0 Å². The highest BCUT2D eigenvalue weighted by Gasteiger charge is 2.48. The molecule has 1 aliphatic heterocycles. The van der Waals surface area contributed by atoms with Crippen LogP contribution in [0.25, 0.3) is 0 Å². The number of fused-ring (bicyclic) bond motifs is 1. The number of benzene rings is 1. The van der Waals surface area contributed by atoms with Crippen LogP contribution in [0.2, 0.25) is 0 Å². The zero-order valence-corrected chi connectivity index (χ0v) is 13.1. The molecule has 0 unspecified atom stereocenters. The lowest BCUT2D eigenvalue weighted by Crippen LogP contribution is -2.33. The Bertz CT molecular complexity index is 933. The standard InChI is InChI=1S/C13H9F3N4O4S/c14-13(15,16)25(23,24)10-7-19(18-17-10)5-6-20-11(21)8-3-1-2-4-9(8)12(20)22/h1-4,7H,5-6H2. The van der Waals surface area contributed by atoms with E-state index in [0.29, 0.717) is 6.20 Å². The maximum absolute atomic E-state index is 12.5. The third-order valence-electron chi connectivity index (χ3n) is 3.53. The van der Waals surface area contributed by atoms with E-state index in [9.17, 15) is 31.2 Å². The Hall–Kier alpha value is -2.76. The normalized spacial score (nSPS) is 14.9. The van der Waals surface area contributed by atoms with E-state index in [4.69, 9.17) is 0 Å². The number of halogens is 3. The molecule has 12 heteroatoms. The van der Waals surface area contributed by atoms with Crippen LogP contribution in [0, 0.1) is 0 Å². The molecule has 1 aliphatic rings. The SMILES string of the molecule is O=C1c2ccccc2C(=O)N1CCn1cc(S(=O)(=O)C(F)(F)F)nn1. The predicted molar refractivity (Wildman–Crippen MR) is 75.1 cm³/mol. The summed E-state index contributed by atoms with van der Waals surface area (Å²) in [4.78, 5) is 25.2. The summed E-state index contributed by atoms with van der Waals surface area (Å²) in [5.74, 6) is -1.08. The molecule has 8 nitrogen and oxygen atoms in total. The number of amides is 2. The lowest BCUT2D eigenvalue weighted by atomic mass is 10.1. The van der Waals surface area contributed by atoms with Crippen LogP contribution in [0.15, 0.2) is 35.5 Å². The zero-order chi connectivity index (χ0) is 18.4. The number of carbonyl (C=O) groups is 2. The van der Waals surface area contributed by atoms with E-state index in [-0.39, 0.29) is 24.2 Å². The fraction of sp³-hybridized carbons (Fsp3) is 0.231. The molecule has 2 amide bonds. The fourth-order valence-corrected chi connectivity index (χ4v) is 2.92. The molecule has 3 rings (SSSR count). The summed E-state index contributed by atoms with van der Waals surface area (Å²) in [5, 5.41) is 5.04. The van der Waals surface area contributed by atoms with Gasteiger partial charge in [0.2, 0.25) is 5.03 Å². The van der Waals surface area contributed by atoms with Crippen molar-refractivity contribution in [2.45, 2.75) is 17.1 Å². The Kier molecular flexibility index (Phi) is 3.86. The Labute approximate surface area is 138 Å². The van der Waals surface area contributed by atoms with Crippen LogP contribution in [-0.4, -0.2) is 52.2 Å². The Morgan fingerprint density at radius 3 is 2.08 bits per heavy atom. The van der Waals surface area contributed by atoms with Crippen molar-refractivity contribution in [3.63, 3.8) is 0 Å². The summed E-state index contributed by atoms with van der Waals surface area (Å²) in [6.45, 7) is -0.396. The van der Waals surface area contributed by atoms with Gasteiger partial charge in [-0.1, -0.05) is 17.3 Å². The van der Waals surface area contributed by atoms with Crippen molar-refractivity contribution in [2.75, 3.05) is 6.54 Å². The maximum atomic E-state index is 12.5. The minimum Gasteiger partial charge on any atom is -0.272 e. The van der Waals surface area contributed by atoms with Crippen LogP contribution < -0.4 is 0 Å². The molecular formula is C13H9F3N4O4S. The minimum atomic E-state index is -5.60. The number of nitrogens with zero attached hydrogens (tertiary/aromatic N) is 4. The van der Waals surface area contributed by atoms with E-state index in [1.165, 1.54) is 12.1 Å². The van der Waals surface area contributed by atoms with Gasteiger partial charge in [-0.25, -0.2) is 13.1 Å². The third kappa shape index (κ3) is 2.77. The molecule has 0 aliphatic carbocycles. The van der Waals surface area contributed by atoms with Crippen LogP contribution in [0.4, 0.5) is 13.2 Å². The van der Waals surface area contributed by atoms with Crippen LogP contribution in [-0.2, 0) is 16.4 Å². The average Bonchev–Trinajstić information content (AvgIpc) is 3.11. The Morgan fingerprint density at radius 1 is 1.00 bits per heavy atom. The topological polar surface area (TPSA) is 102 Å². The minimum absolute atomic E-state index is 0.193. The summed E-state index contributed by atoms with van der Waals surface area (Å²) >= 11 is 0. The number of sulfone groups is 1. The first-order valence-electron chi connectivity index (χ1n) is 6.79. The molecule has 0 saturated carbocycles. The number of carbonyl (C=O) groups excluding carboxylic acids is 2. The molecule has 0 radical (unpaired) electrons. The molecule has 0 saturated heterocycles. The van der Waals surface area contributed by atoms with Gasteiger partial charge in [-0.15, -0.1) is 5.10 Å². The van der Waals surface area contributed by atoms with Crippen LogP contribution in [0.1, 0.15) is 20.7 Å². The van der Waals surface area contributed by atoms with Crippen LogP contribution in [0.5, 0.6) is 0 Å². The number of imide groups is 1. The molecule has 0 spiro atoms. The molecule has 25 heavy (non-hydrogen) atoms. The quantitative estimate of drug-likeness (QED) is 0.736. The van der Waals surface area contributed by atoms with Gasteiger partial charge in [0.1, 0.15) is 0 Å². The molecule has 132 valence electrons. The molecule has 0 N–H and O–H groups in total. The predicted octanol–water partition coefficient (Wildman–Crippen LogP) is 0.868. The fourth-order valence-electron chi connectivity index (χ4n) is 2.28. The van der Waals surface area contributed by atoms with Crippen LogP contribution >= 0.6 is 0 Å². The molecule has 2 aromatic rings. The van der Waals surface area contributed by atoms with Gasteiger partial charge >= 0.3 is 5.51 Å². The van der Waals surface area contributed by atoms with Gasteiger partial charge in [0.15, 0.2) is 0 Å². The number of alkyl halides is 3. The largest absolute Gasteiger partial charge is 0.503 e. The van der Waals surface area contributed by atoms with Crippen molar-refractivity contribution in [3.8, 4) is 0 Å². The molecule has 1 aromatic heterocycles. The summed E-state index contributed by atoms with van der Waals surface area (Å²) in [5.41, 5.74) is -5.03. The molecular weight excluding hydrogens is 365 g/mol. The summed E-state index contributed by atoms with van der Waals surface area (Å²) in [7, 11) is -5.60. The molecule has 0 atom stereocenters. The third-order valence-corrected chi connectivity index (χ3v) is 4.88. The van der Waals surface area contributed by atoms with E-state index < -0.39 is 32.2 Å².